The van der Waals surface area contributed by atoms with E-state index >= 15 is 0 Å². The molecule has 2 amide bonds. The molecule has 3 N–H and O–H groups in total. The van der Waals surface area contributed by atoms with Crippen molar-refractivity contribution in [2.45, 2.75) is 81.8 Å². The van der Waals surface area contributed by atoms with E-state index < -0.39 is 41.0 Å². The van der Waals surface area contributed by atoms with E-state index in [4.69, 9.17) is 21.2 Å². The average molecular weight is 840 g/mol. The Labute approximate surface area is 327 Å². The number of halogens is 7. The molecular formula is C37H48ClF6N5O6S. The first kappa shape index (κ1) is 46.8. The zero-order valence-electron chi connectivity index (χ0n) is 30.9. The third-order valence-electron chi connectivity index (χ3n) is 9.70. The Morgan fingerprint density at radius 3 is 2.04 bits per heavy atom. The van der Waals surface area contributed by atoms with Crippen molar-refractivity contribution >= 4 is 46.0 Å². The molecule has 1 saturated carbocycles. The number of nitrogens with one attached hydrogen (secondary N) is 3. The number of amides is 2. The molecule has 56 heavy (non-hydrogen) atoms. The van der Waals surface area contributed by atoms with Crippen molar-refractivity contribution in [1.29, 1.82) is 0 Å². The summed E-state index contributed by atoms with van der Waals surface area (Å²) in [5.41, 5.74) is 3.33. The normalized spacial score (nSPS) is 19.1. The summed E-state index contributed by atoms with van der Waals surface area (Å²) in [6, 6.07) is 14.9. The molecule has 0 bridgehead atoms. The fourth-order valence-electron chi connectivity index (χ4n) is 7.11. The zero-order valence-corrected chi connectivity index (χ0v) is 32.5. The number of hydrogen-bond donors (Lipinski definition) is 3. The Kier molecular flexibility index (Phi) is 18.2. The van der Waals surface area contributed by atoms with Crippen molar-refractivity contribution in [1.82, 2.24) is 25.2 Å². The van der Waals surface area contributed by atoms with Gasteiger partial charge in [-0.1, -0.05) is 67.3 Å². The van der Waals surface area contributed by atoms with Crippen molar-refractivity contribution in [3.05, 3.63) is 70.2 Å². The molecule has 312 valence electrons. The minimum Gasteiger partial charge on any atom is -0.344 e. The molecule has 2 aliphatic heterocycles. The standard InChI is InChI=1S/C33H46ClN5O4S.2C2HF3O/c1-44(42,43)36-23-31(26-8-3-2-4-9-26)38-17-19-39(20-18-38)33(41)30(21-24-11-13-27(34)14-12-24)37-32(40)22-29-28-10-6-5-7-25(28)15-16-35-29;2*3-2(4,5)1-6/h5-7,10-14,26,29-31,35-36H,2-4,8-9,15-23H2,1H3,(H,37,40);2*1H/t29?,30-,31?;;/m1../s1. The van der Waals surface area contributed by atoms with Crippen LogP contribution in [0.1, 0.15) is 61.3 Å². The van der Waals surface area contributed by atoms with E-state index in [9.17, 15) is 44.3 Å². The molecule has 1 aliphatic carbocycles. The largest absolute Gasteiger partial charge is 0.446 e. The lowest BCUT2D eigenvalue weighted by Gasteiger charge is -2.44. The summed E-state index contributed by atoms with van der Waals surface area (Å²) in [6.45, 7) is 3.61. The number of carbonyl (C=O) groups is 4. The second-order valence-electron chi connectivity index (χ2n) is 13.9. The monoisotopic (exact) mass is 839 g/mol. The Morgan fingerprint density at radius 2 is 1.48 bits per heavy atom. The van der Waals surface area contributed by atoms with Gasteiger partial charge in [0, 0.05) is 62.7 Å². The molecule has 0 spiro atoms. The minimum atomic E-state index is -4.64. The van der Waals surface area contributed by atoms with Gasteiger partial charge >= 0.3 is 12.4 Å². The molecule has 3 aliphatic rings. The Morgan fingerprint density at radius 1 is 0.911 bits per heavy atom. The smallest absolute Gasteiger partial charge is 0.344 e. The van der Waals surface area contributed by atoms with Gasteiger partial charge in [-0.15, -0.1) is 0 Å². The van der Waals surface area contributed by atoms with Crippen molar-refractivity contribution in [2.24, 2.45) is 5.92 Å². The number of alkyl halides is 6. The SMILES string of the molecule is CS(=O)(=O)NCC(C1CCCCC1)N1CCN(C(=O)[C@@H](Cc2ccc(Cl)cc2)NC(=O)CC2NCCc3ccccc32)CC1.O=CC(F)(F)F.O=CC(F)(F)F. The van der Waals surface area contributed by atoms with E-state index in [0.29, 0.717) is 50.1 Å². The second-order valence-corrected chi connectivity index (χ2v) is 16.1. The number of aldehydes is 2. The van der Waals surface area contributed by atoms with Crippen LogP contribution in [0.3, 0.4) is 0 Å². The lowest BCUT2D eigenvalue weighted by atomic mass is 9.83. The van der Waals surface area contributed by atoms with E-state index in [2.05, 4.69) is 32.4 Å². The summed E-state index contributed by atoms with van der Waals surface area (Å²) in [6.07, 6.45) is -2.85. The molecule has 19 heteroatoms. The van der Waals surface area contributed by atoms with E-state index in [-0.39, 0.29) is 30.3 Å². The fourth-order valence-corrected chi connectivity index (χ4v) is 7.71. The van der Waals surface area contributed by atoms with Crippen LogP contribution in [0.4, 0.5) is 26.3 Å². The number of sulfonamides is 1. The van der Waals surface area contributed by atoms with Gasteiger partial charge in [0.05, 0.1) is 6.26 Å². The first-order chi connectivity index (χ1) is 26.3. The molecular weight excluding hydrogens is 792 g/mol. The summed E-state index contributed by atoms with van der Waals surface area (Å²) < 4.78 is 89.1. The topological polar surface area (TPSA) is 145 Å². The van der Waals surface area contributed by atoms with E-state index in [1.54, 1.807) is 12.1 Å². The van der Waals surface area contributed by atoms with Crippen molar-refractivity contribution in [2.75, 3.05) is 45.5 Å². The summed E-state index contributed by atoms with van der Waals surface area (Å²) in [4.78, 5) is 49.0. The van der Waals surface area contributed by atoms with Gasteiger partial charge < -0.3 is 15.5 Å². The summed E-state index contributed by atoms with van der Waals surface area (Å²) in [5, 5.41) is 7.18. The molecule has 2 heterocycles. The average Bonchev–Trinajstić information content (AvgIpc) is 3.15. The molecule has 2 fully saturated rings. The molecule has 2 aromatic carbocycles. The van der Waals surface area contributed by atoms with E-state index in [1.165, 1.54) is 31.1 Å². The maximum atomic E-state index is 14.0. The summed E-state index contributed by atoms with van der Waals surface area (Å²) in [5.74, 6) is 0.193. The molecule has 5 rings (SSSR count). The predicted octanol–water partition coefficient (Wildman–Crippen LogP) is 4.78. The summed E-state index contributed by atoms with van der Waals surface area (Å²) in [7, 11) is -3.30. The Bertz CT molecular complexity index is 1670. The van der Waals surface area contributed by atoms with Crippen LogP contribution in [0.5, 0.6) is 0 Å². The van der Waals surface area contributed by atoms with Crippen LogP contribution in [0, 0.1) is 5.92 Å². The molecule has 11 nitrogen and oxygen atoms in total. The molecule has 0 radical (unpaired) electrons. The van der Waals surface area contributed by atoms with Crippen LogP contribution in [0.25, 0.3) is 0 Å². The highest BCUT2D eigenvalue weighted by Crippen LogP contribution is 2.30. The highest BCUT2D eigenvalue weighted by atomic mass is 35.5. The van der Waals surface area contributed by atoms with Crippen molar-refractivity contribution < 1.29 is 53.9 Å². The highest BCUT2D eigenvalue weighted by Gasteiger charge is 2.35. The molecule has 3 atom stereocenters. The molecule has 0 aromatic heterocycles. The number of piperazine rings is 1. The number of carbonyl (C=O) groups excluding carboxylic acids is 4. The number of rotatable bonds is 11. The lowest BCUT2D eigenvalue weighted by molar-refractivity contribution is -0.156. The van der Waals surface area contributed by atoms with Gasteiger partial charge in [-0.25, -0.2) is 13.1 Å². The highest BCUT2D eigenvalue weighted by molar-refractivity contribution is 7.88. The van der Waals surface area contributed by atoms with Gasteiger partial charge in [-0.05, 0) is 60.5 Å². The first-order valence-electron chi connectivity index (χ1n) is 18.2. The fraction of sp³-hybridized carbons (Fsp3) is 0.568. The van der Waals surface area contributed by atoms with Gasteiger partial charge in [0.15, 0.2) is 0 Å². The maximum absolute atomic E-state index is 14.0. The van der Waals surface area contributed by atoms with E-state index in [0.717, 1.165) is 36.9 Å². The quantitative estimate of drug-likeness (QED) is 0.217. The van der Waals surface area contributed by atoms with Crippen molar-refractivity contribution in [3.63, 3.8) is 0 Å². The van der Waals surface area contributed by atoms with Crippen LogP contribution < -0.4 is 15.4 Å². The first-order valence-corrected chi connectivity index (χ1v) is 20.4. The van der Waals surface area contributed by atoms with Crippen LogP contribution >= 0.6 is 11.6 Å². The number of nitrogens with zero attached hydrogens (tertiary/aromatic N) is 2. The predicted molar refractivity (Wildman–Crippen MR) is 198 cm³/mol. The van der Waals surface area contributed by atoms with E-state index in [1.807, 2.05) is 29.2 Å². The van der Waals surface area contributed by atoms with Crippen LogP contribution in [-0.2, 0) is 42.0 Å². The van der Waals surface area contributed by atoms with Gasteiger partial charge in [0.25, 0.3) is 0 Å². The third kappa shape index (κ3) is 16.9. The molecule has 2 unspecified atom stereocenters. The van der Waals surface area contributed by atoms with Gasteiger partial charge in [-0.2, -0.15) is 26.3 Å². The Hall–Kier alpha value is -3.58. The number of fused-ring (bicyclic) bond motifs is 1. The van der Waals surface area contributed by atoms with Crippen LogP contribution in [0.15, 0.2) is 48.5 Å². The minimum absolute atomic E-state index is 0.0894. The van der Waals surface area contributed by atoms with Crippen LogP contribution in [0.2, 0.25) is 5.02 Å². The maximum Gasteiger partial charge on any atom is 0.446 e. The second kappa shape index (κ2) is 21.8. The lowest BCUT2D eigenvalue weighted by Crippen LogP contribution is -2.59. The Balaban J connectivity index is 0.000000609. The van der Waals surface area contributed by atoms with Crippen LogP contribution in [-0.4, -0.2) is 113 Å². The zero-order chi connectivity index (χ0) is 41.5. The molecule has 2 aromatic rings. The van der Waals surface area contributed by atoms with Crippen molar-refractivity contribution in [3.8, 4) is 0 Å². The number of benzene rings is 2. The van der Waals surface area contributed by atoms with Gasteiger partial charge in [0.1, 0.15) is 6.04 Å². The summed E-state index contributed by atoms with van der Waals surface area (Å²) >= 11 is 6.11. The van der Waals surface area contributed by atoms with Gasteiger partial charge in [-0.3, -0.25) is 24.1 Å². The van der Waals surface area contributed by atoms with Gasteiger partial charge in [0.2, 0.25) is 34.4 Å². The number of hydrogen-bond acceptors (Lipinski definition) is 8. The molecule has 1 saturated heterocycles. The third-order valence-corrected chi connectivity index (χ3v) is 10.6.